The minimum absolute atomic E-state index is 0.535. The first-order valence-electron chi connectivity index (χ1n) is 3.31. The predicted molar refractivity (Wildman–Crippen MR) is 38.9 cm³/mol. The van der Waals surface area contributed by atoms with Gasteiger partial charge in [-0.1, -0.05) is 19.8 Å². The van der Waals surface area contributed by atoms with E-state index in [1.165, 1.54) is 0 Å². The van der Waals surface area contributed by atoms with Gasteiger partial charge in [-0.05, 0) is 18.8 Å². The van der Waals surface area contributed by atoms with E-state index in [9.17, 15) is 0 Å². The summed E-state index contributed by atoms with van der Waals surface area (Å²) >= 11 is 0. The van der Waals surface area contributed by atoms with E-state index in [4.69, 9.17) is 11.5 Å². The minimum Gasteiger partial charge on any atom is -0.380 e. The molecule has 0 aliphatic heterocycles. The van der Waals surface area contributed by atoms with E-state index in [0.717, 1.165) is 12.8 Å². The summed E-state index contributed by atoms with van der Waals surface area (Å²) in [4.78, 5) is 0. The molecular weight excluding hydrogens is 112 g/mol. The number of hydrogen-bond acceptors (Lipinski definition) is 1. The third kappa shape index (κ3) is 5.39. The average Bonchev–Trinajstić information content (AvgIpc) is 1.83. The van der Waals surface area contributed by atoms with Gasteiger partial charge in [0.25, 0.3) is 0 Å². The number of aliphatic hydroxyl groups is 1. The standard InChI is InChI=1S/C8H14O/c1-4-8(9)6-5-7(2)3/h1,7-9H,5-6H2,2-3H3. The van der Waals surface area contributed by atoms with E-state index >= 15 is 0 Å². The Kier molecular flexibility index (Phi) is 4.17. The van der Waals surface area contributed by atoms with Crippen molar-refractivity contribution in [2.24, 2.45) is 5.92 Å². The quantitative estimate of drug-likeness (QED) is 0.567. The molecule has 9 heavy (non-hydrogen) atoms. The molecule has 0 bridgehead atoms. The van der Waals surface area contributed by atoms with E-state index < -0.39 is 6.10 Å². The van der Waals surface area contributed by atoms with Crippen molar-refractivity contribution in [3.8, 4) is 12.3 Å². The van der Waals surface area contributed by atoms with Gasteiger partial charge in [-0.15, -0.1) is 6.42 Å². The van der Waals surface area contributed by atoms with Gasteiger partial charge in [-0.3, -0.25) is 0 Å². The van der Waals surface area contributed by atoms with E-state index in [2.05, 4.69) is 19.8 Å². The Morgan fingerprint density at radius 2 is 2.00 bits per heavy atom. The summed E-state index contributed by atoms with van der Waals surface area (Å²) in [5, 5.41) is 8.87. The van der Waals surface area contributed by atoms with Gasteiger partial charge in [0.05, 0.1) is 0 Å². The topological polar surface area (TPSA) is 20.2 Å². The molecule has 0 rings (SSSR count). The van der Waals surface area contributed by atoms with Crippen molar-refractivity contribution in [2.75, 3.05) is 0 Å². The van der Waals surface area contributed by atoms with Crippen LogP contribution in [0.15, 0.2) is 0 Å². The monoisotopic (exact) mass is 126 g/mol. The summed E-state index contributed by atoms with van der Waals surface area (Å²) < 4.78 is 0. The molecule has 0 heterocycles. The second-order valence-corrected chi connectivity index (χ2v) is 2.65. The van der Waals surface area contributed by atoms with Crippen LogP contribution < -0.4 is 0 Å². The second-order valence-electron chi connectivity index (χ2n) is 2.65. The van der Waals surface area contributed by atoms with Gasteiger partial charge >= 0.3 is 0 Å². The number of hydrogen-bond donors (Lipinski definition) is 1. The maximum Gasteiger partial charge on any atom is 0.114 e. The molecule has 0 saturated carbocycles. The third-order valence-corrected chi connectivity index (χ3v) is 1.21. The van der Waals surface area contributed by atoms with Crippen molar-refractivity contribution in [2.45, 2.75) is 32.8 Å². The van der Waals surface area contributed by atoms with Crippen LogP contribution in [-0.2, 0) is 0 Å². The van der Waals surface area contributed by atoms with Crippen molar-refractivity contribution in [3.05, 3.63) is 0 Å². The van der Waals surface area contributed by atoms with Crippen LogP contribution in [0.3, 0.4) is 0 Å². The van der Waals surface area contributed by atoms with Gasteiger partial charge in [0.2, 0.25) is 0 Å². The molecule has 0 spiro atoms. The van der Waals surface area contributed by atoms with Crippen LogP contribution in [-0.4, -0.2) is 11.2 Å². The Morgan fingerprint density at radius 1 is 1.44 bits per heavy atom. The lowest BCUT2D eigenvalue weighted by Gasteiger charge is -2.04. The molecule has 0 fully saturated rings. The van der Waals surface area contributed by atoms with Crippen LogP contribution in [0.1, 0.15) is 26.7 Å². The number of rotatable bonds is 3. The molecule has 1 N–H and O–H groups in total. The molecule has 0 amide bonds. The molecule has 0 aromatic carbocycles. The molecule has 0 radical (unpaired) electrons. The highest BCUT2D eigenvalue weighted by Gasteiger charge is 1.99. The maximum absolute atomic E-state index is 8.87. The van der Waals surface area contributed by atoms with E-state index in [0.29, 0.717) is 5.92 Å². The average molecular weight is 126 g/mol. The Morgan fingerprint density at radius 3 is 2.33 bits per heavy atom. The SMILES string of the molecule is C#CC(O)CCC(C)C. The lowest BCUT2D eigenvalue weighted by molar-refractivity contribution is 0.212. The van der Waals surface area contributed by atoms with Crippen LogP contribution >= 0.6 is 0 Å². The van der Waals surface area contributed by atoms with Crippen LogP contribution in [0, 0.1) is 18.3 Å². The largest absolute Gasteiger partial charge is 0.380 e. The summed E-state index contributed by atoms with van der Waals surface area (Å²) in [7, 11) is 0. The van der Waals surface area contributed by atoms with Crippen LogP contribution in [0.25, 0.3) is 0 Å². The molecule has 0 aliphatic rings. The molecule has 1 heteroatoms. The Bertz CT molecular complexity index is 99.6. The van der Waals surface area contributed by atoms with E-state index in [1.807, 2.05) is 0 Å². The van der Waals surface area contributed by atoms with Gasteiger partial charge in [-0.2, -0.15) is 0 Å². The Balaban J connectivity index is 3.19. The summed E-state index contributed by atoms with van der Waals surface area (Å²) in [6.45, 7) is 4.23. The predicted octanol–water partition coefficient (Wildman–Crippen LogP) is 1.42. The van der Waals surface area contributed by atoms with Crippen molar-refractivity contribution < 1.29 is 5.11 Å². The molecular formula is C8H14O. The molecule has 1 unspecified atom stereocenters. The third-order valence-electron chi connectivity index (χ3n) is 1.21. The molecule has 1 atom stereocenters. The lowest BCUT2D eigenvalue weighted by Crippen LogP contribution is -2.03. The summed E-state index contributed by atoms with van der Waals surface area (Å²) in [6.07, 6.45) is 6.16. The zero-order valence-electron chi connectivity index (χ0n) is 6.09. The number of terminal acetylenes is 1. The van der Waals surface area contributed by atoms with Gasteiger partial charge in [-0.25, -0.2) is 0 Å². The smallest absolute Gasteiger partial charge is 0.114 e. The van der Waals surface area contributed by atoms with E-state index in [1.54, 1.807) is 0 Å². The van der Waals surface area contributed by atoms with Crippen molar-refractivity contribution in [3.63, 3.8) is 0 Å². The van der Waals surface area contributed by atoms with Gasteiger partial charge in [0.15, 0.2) is 0 Å². The minimum atomic E-state index is -0.535. The highest BCUT2D eigenvalue weighted by Crippen LogP contribution is 2.05. The first-order chi connectivity index (χ1) is 4.16. The zero-order valence-corrected chi connectivity index (χ0v) is 6.09. The van der Waals surface area contributed by atoms with Gasteiger partial charge in [0.1, 0.15) is 6.10 Å². The first kappa shape index (κ1) is 8.52. The fourth-order valence-corrected chi connectivity index (χ4v) is 0.575. The first-order valence-corrected chi connectivity index (χ1v) is 3.31. The zero-order chi connectivity index (χ0) is 7.28. The second kappa shape index (κ2) is 4.40. The molecule has 0 aliphatic carbocycles. The van der Waals surface area contributed by atoms with Crippen LogP contribution in [0.2, 0.25) is 0 Å². The maximum atomic E-state index is 8.87. The summed E-state index contributed by atoms with van der Waals surface area (Å²) in [6, 6.07) is 0. The Hall–Kier alpha value is -0.480. The van der Waals surface area contributed by atoms with Crippen LogP contribution in [0.5, 0.6) is 0 Å². The highest BCUT2D eigenvalue weighted by atomic mass is 16.3. The Labute approximate surface area is 57.1 Å². The van der Waals surface area contributed by atoms with Crippen molar-refractivity contribution in [1.29, 1.82) is 0 Å². The molecule has 52 valence electrons. The summed E-state index contributed by atoms with van der Waals surface area (Å²) in [5.41, 5.74) is 0. The van der Waals surface area contributed by atoms with Gasteiger partial charge in [0, 0.05) is 0 Å². The lowest BCUT2D eigenvalue weighted by atomic mass is 10.1. The number of aliphatic hydroxyl groups excluding tert-OH is 1. The molecule has 0 aromatic rings. The molecule has 0 saturated heterocycles. The van der Waals surface area contributed by atoms with E-state index in [-0.39, 0.29) is 0 Å². The fourth-order valence-electron chi connectivity index (χ4n) is 0.575. The normalized spacial score (nSPS) is 13.2. The molecule has 1 nitrogen and oxygen atoms in total. The summed E-state index contributed by atoms with van der Waals surface area (Å²) in [5.74, 6) is 2.91. The van der Waals surface area contributed by atoms with Crippen LogP contribution in [0.4, 0.5) is 0 Å². The highest BCUT2D eigenvalue weighted by molar-refractivity contribution is 4.92. The molecule has 0 aromatic heterocycles. The van der Waals surface area contributed by atoms with Crippen molar-refractivity contribution in [1.82, 2.24) is 0 Å². The van der Waals surface area contributed by atoms with Crippen molar-refractivity contribution >= 4 is 0 Å². The van der Waals surface area contributed by atoms with Gasteiger partial charge < -0.3 is 5.11 Å². The fraction of sp³-hybridized carbons (Fsp3) is 0.750.